The van der Waals surface area contributed by atoms with E-state index in [1.54, 1.807) is 22.5 Å². The molecule has 6 rings (SSSR count). The van der Waals surface area contributed by atoms with Gasteiger partial charge in [0.25, 0.3) is 5.56 Å². The third-order valence-electron chi connectivity index (χ3n) is 7.54. The quantitative estimate of drug-likeness (QED) is 0.551. The van der Waals surface area contributed by atoms with E-state index in [9.17, 15) is 18.0 Å². The van der Waals surface area contributed by atoms with Crippen molar-refractivity contribution in [1.29, 1.82) is 0 Å². The Balaban J connectivity index is 1.20. The predicted molar refractivity (Wildman–Crippen MR) is 120 cm³/mol. The maximum absolute atomic E-state index is 13.1. The Morgan fingerprint density at radius 2 is 1.80 bits per heavy atom. The normalized spacial score (nSPS) is 20.7. The summed E-state index contributed by atoms with van der Waals surface area (Å²) in [6.07, 6.45) is 0.784. The Morgan fingerprint density at radius 1 is 1.09 bits per heavy atom. The Hall–Kier alpha value is -3.22. The molecule has 3 aliphatic heterocycles. The van der Waals surface area contributed by atoms with E-state index in [1.807, 2.05) is 4.90 Å². The first-order chi connectivity index (χ1) is 16.7. The minimum Gasteiger partial charge on any atom is -0.377 e. The van der Waals surface area contributed by atoms with Crippen LogP contribution in [0.3, 0.4) is 0 Å². The Bertz CT molecular complexity index is 1320. The molecule has 0 bridgehead atoms. The lowest BCUT2D eigenvalue weighted by atomic mass is 9.78. The molecule has 3 fully saturated rings. The average molecular weight is 490 g/mol. The van der Waals surface area contributed by atoms with Crippen molar-refractivity contribution in [2.24, 2.45) is 12.5 Å². The summed E-state index contributed by atoms with van der Waals surface area (Å²) in [4.78, 5) is 29.6. The summed E-state index contributed by atoms with van der Waals surface area (Å²) in [6.45, 7) is 3.74. The summed E-state index contributed by atoms with van der Waals surface area (Å²) in [7, 11) is 1.72. The number of aromatic nitrogens is 6. The van der Waals surface area contributed by atoms with Crippen molar-refractivity contribution >= 4 is 22.9 Å². The maximum atomic E-state index is 13.1. The van der Waals surface area contributed by atoms with Gasteiger partial charge in [-0.1, -0.05) is 0 Å². The van der Waals surface area contributed by atoms with Crippen LogP contribution in [0, 0.1) is 5.41 Å². The maximum Gasteiger partial charge on any atom is 0.433 e. The van der Waals surface area contributed by atoms with E-state index < -0.39 is 11.9 Å². The van der Waals surface area contributed by atoms with Gasteiger partial charge in [0.05, 0.1) is 19.4 Å². The number of ether oxygens (including phenoxy) is 1. The van der Waals surface area contributed by atoms with Crippen LogP contribution in [0.5, 0.6) is 0 Å². The number of halogens is 3. The second kappa shape index (κ2) is 7.90. The number of piperidine rings is 1. The highest BCUT2D eigenvalue weighted by Crippen LogP contribution is 2.42. The molecule has 0 aliphatic carbocycles. The Morgan fingerprint density at radius 3 is 2.46 bits per heavy atom. The highest BCUT2D eigenvalue weighted by atomic mass is 19.4. The summed E-state index contributed by atoms with van der Waals surface area (Å²) >= 11 is 0. The van der Waals surface area contributed by atoms with Crippen LogP contribution in [0.15, 0.2) is 23.3 Å². The molecule has 0 aromatic carbocycles. The second-order valence-corrected chi connectivity index (χ2v) is 9.69. The molecule has 0 radical (unpaired) electrons. The van der Waals surface area contributed by atoms with Crippen LogP contribution < -0.4 is 15.4 Å². The zero-order chi connectivity index (χ0) is 24.4. The topological polar surface area (TPSA) is 94.2 Å². The van der Waals surface area contributed by atoms with Gasteiger partial charge in [0.15, 0.2) is 5.65 Å². The number of fused-ring (bicyclic) bond motifs is 1. The van der Waals surface area contributed by atoms with Crippen LogP contribution in [0.25, 0.3) is 11.0 Å². The van der Waals surface area contributed by atoms with E-state index >= 15 is 0 Å². The molecule has 3 saturated heterocycles. The van der Waals surface area contributed by atoms with Crippen molar-refractivity contribution in [3.8, 4) is 0 Å². The summed E-state index contributed by atoms with van der Waals surface area (Å²) in [5, 5.41) is 4.87. The standard InChI is InChI=1S/C22H25F3N8O2/c1-30-18(34)15-10-27-33(14-11-35-12-14)17(15)29-20(30)31-7-3-21(4-8-31)5-9-32(13-21)19-26-6-2-16(28-19)22(23,24)25/h2,6,10,14H,3-5,7-9,11-13H2,1H3. The summed E-state index contributed by atoms with van der Waals surface area (Å²) < 4.78 is 47.9. The van der Waals surface area contributed by atoms with Gasteiger partial charge >= 0.3 is 6.18 Å². The molecule has 1 spiro atoms. The Labute approximate surface area is 198 Å². The molecule has 35 heavy (non-hydrogen) atoms. The van der Waals surface area contributed by atoms with E-state index in [1.165, 1.54) is 6.20 Å². The monoisotopic (exact) mass is 490 g/mol. The molecule has 13 heteroatoms. The fourth-order valence-corrected chi connectivity index (χ4v) is 5.33. The number of hydrogen-bond donors (Lipinski definition) is 0. The van der Waals surface area contributed by atoms with Crippen molar-refractivity contribution in [3.05, 3.63) is 34.5 Å². The molecule has 0 N–H and O–H groups in total. The number of alkyl halides is 3. The molecule has 0 atom stereocenters. The highest BCUT2D eigenvalue weighted by molar-refractivity contribution is 5.75. The molecule has 3 aromatic rings. The van der Waals surface area contributed by atoms with Crippen molar-refractivity contribution in [1.82, 2.24) is 29.3 Å². The first kappa shape index (κ1) is 22.3. The van der Waals surface area contributed by atoms with Gasteiger partial charge in [0.2, 0.25) is 11.9 Å². The van der Waals surface area contributed by atoms with Gasteiger partial charge in [0.1, 0.15) is 17.1 Å². The summed E-state index contributed by atoms with van der Waals surface area (Å²) in [5.74, 6) is 0.734. The number of anilines is 2. The molecule has 3 aliphatic rings. The first-order valence-corrected chi connectivity index (χ1v) is 11.7. The molecule has 6 heterocycles. The molecule has 3 aromatic heterocycles. The number of rotatable bonds is 3. The van der Waals surface area contributed by atoms with Crippen molar-refractivity contribution in [3.63, 3.8) is 0 Å². The zero-order valence-corrected chi connectivity index (χ0v) is 19.2. The van der Waals surface area contributed by atoms with Crippen molar-refractivity contribution in [2.75, 3.05) is 49.2 Å². The van der Waals surface area contributed by atoms with Gasteiger partial charge in [-0.15, -0.1) is 0 Å². The predicted octanol–water partition coefficient (Wildman–Crippen LogP) is 2.01. The third kappa shape index (κ3) is 3.72. The van der Waals surface area contributed by atoms with Crippen LogP contribution in [-0.4, -0.2) is 68.7 Å². The van der Waals surface area contributed by atoms with Gasteiger partial charge in [-0.2, -0.15) is 23.3 Å². The smallest absolute Gasteiger partial charge is 0.377 e. The SMILES string of the molecule is Cn1c(N2CCC3(CCN(c4nccc(C(F)(F)F)n4)C3)CC2)nc2c(cnn2C2COC2)c1=O. The van der Waals surface area contributed by atoms with E-state index in [4.69, 9.17) is 9.72 Å². The van der Waals surface area contributed by atoms with E-state index in [0.717, 1.165) is 25.3 Å². The molecule has 0 amide bonds. The lowest BCUT2D eigenvalue weighted by molar-refractivity contribution is -0.141. The van der Waals surface area contributed by atoms with Crippen LogP contribution >= 0.6 is 0 Å². The minimum absolute atomic E-state index is 0.0257. The fourth-order valence-electron chi connectivity index (χ4n) is 5.33. The van der Waals surface area contributed by atoms with Crippen molar-refractivity contribution in [2.45, 2.75) is 31.5 Å². The summed E-state index contributed by atoms with van der Waals surface area (Å²) in [6, 6.07) is 0.985. The number of nitrogens with zero attached hydrogens (tertiary/aromatic N) is 8. The minimum atomic E-state index is -4.49. The van der Waals surface area contributed by atoms with Crippen LogP contribution in [0.4, 0.5) is 25.1 Å². The number of hydrogen-bond acceptors (Lipinski definition) is 8. The lowest BCUT2D eigenvalue weighted by Gasteiger charge is -2.40. The van der Waals surface area contributed by atoms with Crippen LogP contribution in [0.1, 0.15) is 31.0 Å². The van der Waals surface area contributed by atoms with E-state index in [2.05, 4.69) is 20.0 Å². The lowest BCUT2D eigenvalue weighted by Crippen LogP contribution is -2.44. The largest absolute Gasteiger partial charge is 0.433 e. The van der Waals surface area contributed by atoms with Gasteiger partial charge in [0, 0.05) is 39.4 Å². The van der Waals surface area contributed by atoms with Crippen LogP contribution in [-0.2, 0) is 18.0 Å². The summed E-state index contributed by atoms with van der Waals surface area (Å²) in [5.41, 5.74) is -0.508. The highest BCUT2D eigenvalue weighted by Gasteiger charge is 2.42. The van der Waals surface area contributed by atoms with Gasteiger partial charge in [-0.05, 0) is 30.7 Å². The second-order valence-electron chi connectivity index (χ2n) is 9.69. The van der Waals surface area contributed by atoms with E-state index in [-0.39, 0.29) is 23.0 Å². The van der Waals surface area contributed by atoms with E-state index in [0.29, 0.717) is 56.4 Å². The fraction of sp³-hybridized carbons (Fsp3) is 0.591. The first-order valence-electron chi connectivity index (χ1n) is 11.7. The molecular weight excluding hydrogens is 465 g/mol. The molecule has 0 saturated carbocycles. The average Bonchev–Trinajstić information content (AvgIpc) is 3.41. The van der Waals surface area contributed by atoms with Gasteiger partial charge in [-0.25, -0.2) is 14.6 Å². The zero-order valence-electron chi connectivity index (χ0n) is 19.2. The van der Waals surface area contributed by atoms with Crippen LogP contribution in [0.2, 0.25) is 0 Å². The third-order valence-corrected chi connectivity index (χ3v) is 7.54. The van der Waals surface area contributed by atoms with Gasteiger partial charge in [-0.3, -0.25) is 9.36 Å². The van der Waals surface area contributed by atoms with Crippen molar-refractivity contribution < 1.29 is 17.9 Å². The molecular formula is C22H25F3N8O2. The van der Waals surface area contributed by atoms with Gasteiger partial charge < -0.3 is 14.5 Å². The molecule has 0 unspecified atom stereocenters. The molecule has 186 valence electrons. The Kier molecular flexibility index (Phi) is 5.02. The molecule has 10 nitrogen and oxygen atoms in total.